The first kappa shape index (κ1) is 20.4. The summed E-state index contributed by atoms with van der Waals surface area (Å²) < 4.78 is 74.2. The maximum atomic E-state index is 12.6. The fourth-order valence-corrected chi connectivity index (χ4v) is 3.38. The van der Waals surface area contributed by atoms with Gasteiger partial charge in [-0.15, -0.1) is 0 Å². The van der Waals surface area contributed by atoms with Crippen molar-refractivity contribution in [3.05, 3.63) is 65.8 Å². The van der Waals surface area contributed by atoms with Gasteiger partial charge in [0.2, 0.25) is 0 Å². The number of hydrogen-bond acceptors (Lipinski definition) is 6. The molecule has 1 N–H and O–H groups in total. The van der Waals surface area contributed by atoms with Crippen molar-refractivity contribution in [3.63, 3.8) is 0 Å². The number of nitrogens with one attached hydrogen (secondary N) is 1. The normalized spacial score (nSPS) is 12.3. The number of nitrogens with zero attached hydrogens (tertiary/aromatic N) is 2. The van der Waals surface area contributed by atoms with Crippen LogP contribution in [0.2, 0.25) is 0 Å². The Kier molecular flexibility index (Phi) is 5.59. The van der Waals surface area contributed by atoms with Crippen molar-refractivity contribution in [2.75, 3.05) is 11.8 Å². The minimum absolute atomic E-state index is 0.0356. The molecule has 0 unspecified atom stereocenters. The summed E-state index contributed by atoms with van der Waals surface area (Å²) in [6.45, 7) is 0. The van der Waals surface area contributed by atoms with Crippen LogP contribution in [0.4, 0.5) is 18.9 Å². The highest BCUT2D eigenvalue weighted by molar-refractivity contribution is 7.92. The minimum atomic E-state index is -4.74. The summed E-state index contributed by atoms with van der Waals surface area (Å²) in [7, 11) is -2.43. The van der Waals surface area contributed by atoms with E-state index in [-0.39, 0.29) is 10.7 Å². The second-order valence-electron chi connectivity index (χ2n) is 5.70. The lowest BCUT2D eigenvalue weighted by atomic mass is 10.2. The molecule has 7 nitrogen and oxygen atoms in total. The van der Waals surface area contributed by atoms with Crippen LogP contribution >= 0.6 is 0 Å². The number of alkyl halides is 3. The van der Waals surface area contributed by atoms with E-state index in [0.717, 1.165) is 0 Å². The fourth-order valence-electron chi connectivity index (χ4n) is 2.27. The summed E-state index contributed by atoms with van der Waals surface area (Å²) in [5, 5.41) is 3.21. The zero-order chi connectivity index (χ0) is 21.1. The van der Waals surface area contributed by atoms with Gasteiger partial charge < -0.3 is 9.26 Å². The molecule has 11 heteroatoms. The van der Waals surface area contributed by atoms with Gasteiger partial charge in [0.15, 0.2) is 5.82 Å². The highest BCUT2D eigenvalue weighted by Crippen LogP contribution is 2.27. The molecular formula is C18H14F3N3O4S. The summed E-state index contributed by atoms with van der Waals surface area (Å²) in [5.74, 6) is -1.27. The number of hydrogen-bond donors (Lipinski definition) is 1. The number of halogens is 3. The third kappa shape index (κ3) is 5.13. The van der Waals surface area contributed by atoms with Crippen LogP contribution in [0.3, 0.4) is 0 Å². The van der Waals surface area contributed by atoms with Crippen LogP contribution in [0.25, 0.3) is 12.2 Å². The van der Waals surface area contributed by atoms with Crippen molar-refractivity contribution < 1.29 is 30.8 Å². The highest BCUT2D eigenvalue weighted by Gasteiger charge is 2.38. The van der Waals surface area contributed by atoms with Crippen LogP contribution < -0.4 is 9.46 Å². The maximum absolute atomic E-state index is 12.6. The molecule has 1 heterocycles. The first-order valence-electron chi connectivity index (χ1n) is 8.03. The standard InChI is InChI=1S/C18H14F3N3O4S/c1-27-14-6-3-5-13(11-14)24-29(25,26)15-7-2-4-12(10-15)8-9-16-22-17(28-23-16)18(19,20)21/h2-11,24H,1H3. The van der Waals surface area contributed by atoms with Crippen molar-refractivity contribution in [1.82, 2.24) is 10.1 Å². The molecule has 2 aromatic carbocycles. The van der Waals surface area contributed by atoms with Gasteiger partial charge in [0, 0.05) is 6.07 Å². The molecule has 0 radical (unpaired) electrons. The molecule has 3 aromatic rings. The van der Waals surface area contributed by atoms with Crippen LogP contribution in [0.5, 0.6) is 5.75 Å². The molecule has 0 aliphatic carbocycles. The van der Waals surface area contributed by atoms with Gasteiger partial charge in [0.05, 0.1) is 17.7 Å². The molecule has 0 aliphatic heterocycles. The monoisotopic (exact) mass is 425 g/mol. The SMILES string of the molecule is COc1cccc(NS(=O)(=O)c2cccc(C=Cc3noc(C(F)(F)F)n3)c2)c1. The summed E-state index contributed by atoms with van der Waals surface area (Å²) in [5.41, 5.74) is 0.730. The molecule has 0 saturated carbocycles. The molecule has 0 spiro atoms. The van der Waals surface area contributed by atoms with Crippen LogP contribution in [0.1, 0.15) is 17.3 Å². The Bertz CT molecular complexity index is 1140. The van der Waals surface area contributed by atoms with E-state index in [2.05, 4.69) is 19.4 Å². The van der Waals surface area contributed by atoms with Crippen molar-refractivity contribution in [1.29, 1.82) is 0 Å². The van der Waals surface area contributed by atoms with Gasteiger partial charge in [-0.05, 0) is 35.9 Å². The van der Waals surface area contributed by atoms with Crippen molar-refractivity contribution in [3.8, 4) is 5.75 Å². The number of sulfonamides is 1. The van der Waals surface area contributed by atoms with Crippen molar-refractivity contribution >= 4 is 27.9 Å². The quantitative estimate of drug-likeness (QED) is 0.640. The van der Waals surface area contributed by atoms with Gasteiger partial charge in [0.1, 0.15) is 5.75 Å². The number of benzene rings is 2. The van der Waals surface area contributed by atoms with E-state index in [1.165, 1.54) is 43.5 Å². The van der Waals surface area contributed by atoms with Gasteiger partial charge in [-0.1, -0.05) is 29.4 Å². The van der Waals surface area contributed by atoms with Gasteiger partial charge in [-0.2, -0.15) is 18.2 Å². The van der Waals surface area contributed by atoms with Crippen LogP contribution in [0.15, 0.2) is 57.9 Å². The van der Waals surface area contributed by atoms with E-state index in [1.54, 1.807) is 24.3 Å². The molecule has 0 bridgehead atoms. The van der Waals surface area contributed by atoms with E-state index in [1.807, 2.05) is 0 Å². The lowest BCUT2D eigenvalue weighted by molar-refractivity contribution is -0.159. The summed E-state index contributed by atoms with van der Waals surface area (Å²) in [4.78, 5) is 3.17. The number of anilines is 1. The first-order chi connectivity index (χ1) is 13.7. The van der Waals surface area contributed by atoms with Gasteiger partial charge >= 0.3 is 12.1 Å². The zero-order valence-electron chi connectivity index (χ0n) is 14.8. The molecular weight excluding hydrogens is 411 g/mol. The second kappa shape index (κ2) is 7.95. The molecule has 0 aliphatic rings. The molecule has 1 aromatic heterocycles. The number of methoxy groups -OCH3 is 1. The average Bonchev–Trinajstić information content (AvgIpc) is 3.16. The Morgan fingerprint density at radius 3 is 2.55 bits per heavy atom. The lowest BCUT2D eigenvalue weighted by Crippen LogP contribution is -2.13. The summed E-state index contributed by atoms with van der Waals surface area (Å²) >= 11 is 0. The Morgan fingerprint density at radius 2 is 1.86 bits per heavy atom. The smallest absolute Gasteiger partial charge is 0.471 e. The third-order valence-corrected chi connectivity index (χ3v) is 4.98. The molecule has 0 fully saturated rings. The van der Waals surface area contributed by atoms with Gasteiger partial charge in [-0.25, -0.2) is 8.42 Å². The largest absolute Gasteiger partial charge is 0.497 e. The fraction of sp³-hybridized carbons (Fsp3) is 0.111. The molecule has 0 saturated heterocycles. The minimum Gasteiger partial charge on any atom is -0.497 e. The van der Waals surface area contributed by atoms with E-state index in [9.17, 15) is 21.6 Å². The zero-order valence-corrected chi connectivity index (χ0v) is 15.7. The van der Waals surface area contributed by atoms with Gasteiger partial charge in [0.25, 0.3) is 10.0 Å². The average molecular weight is 425 g/mol. The molecule has 29 heavy (non-hydrogen) atoms. The van der Waals surface area contributed by atoms with Crippen molar-refractivity contribution in [2.24, 2.45) is 0 Å². The lowest BCUT2D eigenvalue weighted by Gasteiger charge is -2.09. The summed E-state index contributed by atoms with van der Waals surface area (Å²) in [6.07, 6.45) is -2.19. The van der Waals surface area contributed by atoms with Crippen molar-refractivity contribution in [2.45, 2.75) is 11.1 Å². The Morgan fingerprint density at radius 1 is 1.10 bits per heavy atom. The predicted octanol–water partition coefficient (Wildman–Crippen LogP) is 4.07. The van der Waals surface area contributed by atoms with E-state index in [0.29, 0.717) is 17.0 Å². The Hall–Kier alpha value is -3.34. The van der Waals surface area contributed by atoms with E-state index < -0.39 is 22.1 Å². The topological polar surface area (TPSA) is 94.3 Å². The predicted molar refractivity (Wildman–Crippen MR) is 98.5 cm³/mol. The van der Waals surface area contributed by atoms with Gasteiger partial charge in [-0.3, -0.25) is 4.72 Å². The van der Waals surface area contributed by atoms with E-state index in [4.69, 9.17) is 4.74 Å². The van der Waals surface area contributed by atoms with Crippen LogP contribution in [-0.4, -0.2) is 25.7 Å². The number of rotatable bonds is 6. The van der Waals surface area contributed by atoms with Crippen LogP contribution in [-0.2, 0) is 16.2 Å². The molecule has 0 atom stereocenters. The number of ether oxygens (including phenoxy) is 1. The number of aromatic nitrogens is 2. The molecule has 0 amide bonds. The van der Waals surface area contributed by atoms with E-state index >= 15 is 0 Å². The highest BCUT2D eigenvalue weighted by atomic mass is 32.2. The molecule has 152 valence electrons. The summed E-state index contributed by atoms with van der Waals surface area (Å²) in [6, 6.07) is 12.2. The van der Waals surface area contributed by atoms with Crippen LogP contribution in [0, 0.1) is 0 Å². The Labute approximate surface area is 163 Å². The second-order valence-corrected chi connectivity index (χ2v) is 7.38. The molecule has 3 rings (SSSR count). The Balaban J connectivity index is 1.80. The third-order valence-electron chi connectivity index (χ3n) is 3.60. The first-order valence-corrected chi connectivity index (χ1v) is 9.52. The maximum Gasteiger partial charge on any atom is 0.471 e.